The molecule has 0 aromatic rings. The third-order valence-electron chi connectivity index (χ3n) is 17.6. The van der Waals surface area contributed by atoms with E-state index in [1.807, 2.05) is 21.1 Å². The van der Waals surface area contributed by atoms with Gasteiger partial charge in [0.15, 0.2) is 0 Å². The highest BCUT2D eigenvalue weighted by atomic mass is 31.2. The van der Waals surface area contributed by atoms with Crippen molar-refractivity contribution < 1.29 is 32.9 Å². The number of quaternary nitrogens is 1. The molecule has 0 fully saturated rings. The van der Waals surface area contributed by atoms with Gasteiger partial charge in [0.25, 0.3) is 7.82 Å². The third kappa shape index (κ3) is 70.0. The predicted octanol–water partition coefficient (Wildman–Crippen LogP) is 23.8. The van der Waals surface area contributed by atoms with Crippen molar-refractivity contribution in [3.63, 3.8) is 0 Å². The van der Waals surface area contributed by atoms with Crippen molar-refractivity contribution in [3.05, 3.63) is 36.5 Å². The number of hydrogen-bond donors (Lipinski definition) is 2. The van der Waals surface area contributed by atoms with Gasteiger partial charge >= 0.3 is 0 Å². The highest BCUT2D eigenvalue weighted by Crippen LogP contribution is 2.38. The van der Waals surface area contributed by atoms with Gasteiger partial charge in [-0.05, 0) is 51.4 Å². The van der Waals surface area contributed by atoms with Crippen LogP contribution in [0.25, 0.3) is 0 Å². The lowest BCUT2D eigenvalue weighted by atomic mass is 10.0. The lowest BCUT2D eigenvalue weighted by molar-refractivity contribution is -0.870. The van der Waals surface area contributed by atoms with Crippen LogP contribution >= 0.6 is 7.82 Å². The number of phosphoric acid groups is 1. The minimum Gasteiger partial charge on any atom is -0.756 e. The highest BCUT2D eigenvalue weighted by Gasteiger charge is 2.24. The summed E-state index contributed by atoms with van der Waals surface area (Å²) in [5, 5.41) is 14.1. The molecular formula is C76H149N2O6P. The smallest absolute Gasteiger partial charge is 0.268 e. The van der Waals surface area contributed by atoms with Crippen LogP contribution in [0, 0.1) is 0 Å². The fourth-order valence-corrected chi connectivity index (χ4v) is 12.5. The van der Waals surface area contributed by atoms with Crippen LogP contribution < -0.4 is 10.2 Å². The number of nitrogens with zero attached hydrogens (tertiary/aromatic N) is 1. The van der Waals surface area contributed by atoms with E-state index in [2.05, 4.69) is 55.6 Å². The van der Waals surface area contributed by atoms with Crippen molar-refractivity contribution in [2.45, 2.75) is 405 Å². The van der Waals surface area contributed by atoms with Crippen LogP contribution in [0.5, 0.6) is 0 Å². The molecule has 3 unspecified atom stereocenters. The van der Waals surface area contributed by atoms with Gasteiger partial charge in [-0.25, -0.2) is 0 Å². The molecule has 85 heavy (non-hydrogen) atoms. The van der Waals surface area contributed by atoms with E-state index >= 15 is 0 Å². The van der Waals surface area contributed by atoms with E-state index in [0.29, 0.717) is 23.9 Å². The maximum atomic E-state index is 13.1. The van der Waals surface area contributed by atoms with E-state index in [4.69, 9.17) is 9.05 Å². The zero-order valence-corrected chi connectivity index (χ0v) is 58.7. The minimum absolute atomic E-state index is 0.0152. The first kappa shape index (κ1) is 83.7. The summed E-state index contributed by atoms with van der Waals surface area (Å²) in [6, 6.07) is -0.799. The standard InChI is InChI=1S/C76H149N2O6P/c1-6-8-10-12-14-16-18-20-22-24-26-28-30-31-32-33-34-35-36-37-38-39-40-41-42-43-44-45-46-47-48-50-52-54-56-58-60-62-64-66-68-70-76(80)77-74(73-84-85(81,82)83-72-71-78(3,4)5)75(79)69-67-65-63-61-59-57-55-53-51-49-29-27-25-23-21-19-17-15-13-11-9-7-2/h18,20,24,26,30-31,74-75,79H,6-17,19,21-23,25,27-29,32-73H2,1-5H3,(H-,77,80,81,82)/b20-18-,26-24-,31-30-. The van der Waals surface area contributed by atoms with E-state index in [1.54, 1.807) is 0 Å². The normalized spacial score (nSPS) is 13.7. The van der Waals surface area contributed by atoms with Crippen LogP contribution in [0.15, 0.2) is 36.5 Å². The summed E-state index contributed by atoms with van der Waals surface area (Å²) >= 11 is 0. The van der Waals surface area contributed by atoms with Gasteiger partial charge in [-0.2, -0.15) is 0 Å². The van der Waals surface area contributed by atoms with Gasteiger partial charge in [-0.15, -0.1) is 0 Å². The molecule has 0 aliphatic rings. The van der Waals surface area contributed by atoms with Crippen LogP contribution in [-0.4, -0.2) is 68.5 Å². The number of aliphatic hydroxyl groups excluding tert-OH is 1. The molecule has 0 heterocycles. The largest absolute Gasteiger partial charge is 0.756 e. The Balaban J connectivity index is 3.88. The van der Waals surface area contributed by atoms with E-state index in [0.717, 1.165) is 51.4 Å². The van der Waals surface area contributed by atoms with Crippen LogP contribution in [0.2, 0.25) is 0 Å². The maximum absolute atomic E-state index is 13.1. The summed E-state index contributed by atoms with van der Waals surface area (Å²) in [6.07, 6.45) is 89.6. The van der Waals surface area contributed by atoms with Crippen molar-refractivity contribution >= 4 is 13.7 Å². The number of amides is 1. The Labute approximate surface area is 531 Å². The van der Waals surface area contributed by atoms with Crippen LogP contribution in [0.4, 0.5) is 0 Å². The van der Waals surface area contributed by atoms with Gasteiger partial charge in [0, 0.05) is 6.42 Å². The molecule has 2 N–H and O–H groups in total. The van der Waals surface area contributed by atoms with Gasteiger partial charge in [0.2, 0.25) is 5.91 Å². The van der Waals surface area contributed by atoms with Gasteiger partial charge < -0.3 is 28.8 Å². The second kappa shape index (κ2) is 67.1. The van der Waals surface area contributed by atoms with Crippen LogP contribution in [-0.2, 0) is 18.4 Å². The summed E-state index contributed by atoms with van der Waals surface area (Å²) in [7, 11) is 1.33. The van der Waals surface area contributed by atoms with Gasteiger partial charge in [-0.1, -0.05) is 371 Å². The summed E-state index contributed by atoms with van der Waals surface area (Å²) < 4.78 is 23.6. The number of aliphatic hydroxyl groups is 1. The molecule has 0 aromatic carbocycles. The lowest BCUT2D eigenvalue weighted by Gasteiger charge is -2.30. The Morgan fingerprint density at radius 1 is 0.412 bits per heavy atom. The molecule has 0 rings (SSSR count). The fraction of sp³-hybridized carbons (Fsp3) is 0.908. The highest BCUT2D eigenvalue weighted by molar-refractivity contribution is 7.45. The number of carbonyl (C=O) groups is 1. The molecule has 0 saturated heterocycles. The quantitative estimate of drug-likeness (QED) is 0.0272. The molecule has 0 aliphatic carbocycles. The molecule has 0 aliphatic heterocycles. The van der Waals surface area contributed by atoms with E-state index in [9.17, 15) is 19.4 Å². The zero-order valence-electron chi connectivity index (χ0n) is 57.8. The zero-order chi connectivity index (χ0) is 61.9. The summed E-state index contributed by atoms with van der Waals surface area (Å²) in [5.41, 5.74) is 0. The van der Waals surface area contributed by atoms with Crippen LogP contribution in [0.1, 0.15) is 393 Å². The first-order valence-electron chi connectivity index (χ1n) is 37.8. The van der Waals surface area contributed by atoms with Crippen molar-refractivity contribution in [2.24, 2.45) is 0 Å². The number of likely N-dealkylation sites (N-methyl/N-ethyl adjacent to an activating group) is 1. The number of hydrogen-bond acceptors (Lipinski definition) is 6. The predicted molar refractivity (Wildman–Crippen MR) is 372 cm³/mol. The average molecular weight is 1220 g/mol. The van der Waals surface area contributed by atoms with Crippen molar-refractivity contribution in [1.29, 1.82) is 0 Å². The maximum Gasteiger partial charge on any atom is 0.268 e. The second-order valence-electron chi connectivity index (χ2n) is 27.4. The minimum atomic E-state index is -4.58. The molecule has 0 aromatic heterocycles. The summed E-state index contributed by atoms with van der Waals surface area (Å²) in [6.45, 7) is 4.77. The summed E-state index contributed by atoms with van der Waals surface area (Å²) in [5.74, 6) is -0.155. The van der Waals surface area contributed by atoms with Crippen molar-refractivity contribution in [3.8, 4) is 0 Å². The van der Waals surface area contributed by atoms with Crippen molar-refractivity contribution in [1.82, 2.24) is 5.32 Å². The average Bonchev–Trinajstić information content (AvgIpc) is 3.48. The van der Waals surface area contributed by atoms with E-state index in [-0.39, 0.29) is 19.1 Å². The first-order chi connectivity index (χ1) is 41.5. The van der Waals surface area contributed by atoms with Crippen LogP contribution in [0.3, 0.4) is 0 Å². The SMILES string of the molecule is CCCCCCC/C=C\C/C=C\C/C=C\CCCCCCCCCCCCCCCCCCCCCCCCCCCCC(=O)NC(COP(=O)([O-])OCC[N+](C)(C)C)C(O)CCCCCCCCCCCCCCCCCCCCCCCC. The number of unbranched alkanes of at least 4 members (excludes halogenated alkanes) is 52. The molecule has 0 saturated carbocycles. The van der Waals surface area contributed by atoms with Crippen molar-refractivity contribution in [2.75, 3.05) is 40.9 Å². The van der Waals surface area contributed by atoms with Gasteiger partial charge in [0.1, 0.15) is 13.2 Å². The Bertz CT molecular complexity index is 1480. The Kier molecular flexibility index (Phi) is 66.1. The summed E-state index contributed by atoms with van der Waals surface area (Å²) in [4.78, 5) is 25.7. The molecule has 8 nitrogen and oxygen atoms in total. The number of phosphoric ester groups is 1. The first-order valence-corrected chi connectivity index (χ1v) is 39.3. The number of nitrogens with one attached hydrogen (secondary N) is 1. The molecule has 9 heteroatoms. The number of allylic oxidation sites excluding steroid dienone is 6. The topological polar surface area (TPSA) is 108 Å². The second-order valence-corrected chi connectivity index (χ2v) is 28.8. The monoisotopic (exact) mass is 1220 g/mol. The Morgan fingerprint density at radius 3 is 0.988 bits per heavy atom. The number of rotatable bonds is 71. The lowest BCUT2D eigenvalue weighted by Crippen LogP contribution is -2.46. The van der Waals surface area contributed by atoms with Gasteiger partial charge in [0.05, 0.1) is 39.9 Å². The molecule has 504 valence electrons. The third-order valence-corrected chi connectivity index (χ3v) is 18.6. The Hall–Kier alpha value is -1.28. The van der Waals surface area contributed by atoms with Gasteiger partial charge in [-0.3, -0.25) is 9.36 Å². The molecule has 0 bridgehead atoms. The molecule has 1 amide bonds. The molecular weight excluding hydrogens is 1070 g/mol. The van der Waals surface area contributed by atoms with E-state index in [1.165, 1.54) is 315 Å². The Morgan fingerprint density at radius 2 is 0.682 bits per heavy atom. The molecule has 0 radical (unpaired) electrons. The fourth-order valence-electron chi connectivity index (χ4n) is 11.8. The molecule has 3 atom stereocenters. The van der Waals surface area contributed by atoms with E-state index < -0.39 is 20.0 Å². The number of carbonyl (C=O) groups excluding carboxylic acids is 1. The molecule has 0 spiro atoms.